The van der Waals surface area contributed by atoms with Gasteiger partial charge in [-0.3, -0.25) is 9.59 Å². The minimum absolute atomic E-state index is 0.0256. The minimum atomic E-state index is -0.107. The van der Waals surface area contributed by atoms with Crippen molar-refractivity contribution in [3.63, 3.8) is 0 Å². The lowest BCUT2D eigenvalue weighted by Crippen LogP contribution is -2.23. The molecule has 4 aromatic carbocycles. The smallest absolute Gasteiger partial charge is 0.228 e. The molecule has 2 amide bonds. The number of carbonyl (C=O) groups is 2. The maximum Gasteiger partial charge on any atom is 0.228 e. The molecule has 6 N–H and O–H groups in total. The maximum absolute atomic E-state index is 14.0. The zero-order valence-corrected chi connectivity index (χ0v) is 36.4. The monoisotopic (exact) mass is 838 g/mol. The molecule has 0 unspecified atom stereocenters. The van der Waals surface area contributed by atoms with Crippen LogP contribution in [0.5, 0.6) is 0 Å². The lowest BCUT2D eigenvalue weighted by Gasteiger charge is -2.19. The molecule has 5 heterocycles. The van der Waals surface area contributed by atoms with Crippen molar-refractivity contribution in [1.29, 1.82) is 0 Å². The molecule has 4 aromatic heterocycles. The van der Waals surface area contributed by atoms with E-state index in [-0.39, 0.29) is 34.5 Å². The zero-order chi connectivity index (χ0) is 43.7. The van der Waals surface area contributed by atoms with E-state index >= 15 is 0 Å². The molecule has 0 radical (unpaired) electrons. The molecule has 8 bridgehead atoms. The first kappa shape index (κ1) is 39.3. The fourth-order valence-corrected chi connectivity index (χ4v) is 9.64. The lowest BCUT2D eigenvalue weighted by molar-refractivity contribution is -0.118. The Morgan fingerprint density at radius 1 is 0.406 bits per heavy atom. The summed E-state index contributed by atoms with van der Waals surface area (Å²) < 4.78 is 0. The topological polar surface area (TPSA) is 121 Å². The highest BCUT2D eigenvalue weighted by molar-refractivity contribution is 6.05. The van der Waals surface area contributed by atoms with Gasteiger partial charge in [0.2, 0.25) is 11.8 Å². The summed E-state index contributed by atoms with van der Waals surface area (Å²) in [4.78, 5) is 43.6. The summed E-state index contributed by atoms with van der Waals surface area (Å²) in [5.74, 6) is -0.266. The van der Waals surface area contributed by atoms with E-state index in [0.717, 1.165) is 102 Å². The largest absolute Gasteiger partial charge is 0.354 e. The van der Waals surface area contributed by atoms with Gasteiger partial charge in [0, 0.05) is 83.9 Å². The van der Waals surface area contributed by atoms with Crippen molar-refractivity contribution < 1.29 is 9.59 Å². The van der Waals surface area contributed by atoms with Crippen LogP contribution < -0.4 is 32.0 Å². The summed E-state index contributed by atoms with van der Waals surface area (Å²) in [5.41, 5.74) is 12.5. The Labute approximate surface area is 371 Å². The number of aromatic nitrogens is 4. The molecular formula is C56H50N6O2. The molecular weight excluding hydrogens is 789 g/mol. The lowest BCUT2D eigenvalue weighted by atomic mass is 9.97. The number of carbonyl (C=O) groups excluding carboxylic acids is 2. The number of anilines is 2. The number of H-pyrrole nitrogens is 4. The number of hydrogen-bond donors (Lipinski definition) is 6. The highest BCUT2D eigenvalue weighted by atomic mass is 16.2. The molecule has 2 fully saturated rings. The summed E-state index contributed by atoms with van der Waals surface area (Å²) in [6.45, 7) is 8.52. The van der Waals surface area contributed by atoms with E-state index in [1.807, 2.05) is 36.4 Å². The number of benzene rings is 4. The van der Waals surface area contributed by atoms with Crippen molar-refractivity contribution in [2.24, 2.45) is 22.7 Å². The van der Waals surface area contributed by atoms with Gasteiger partial charge in [-0.2, -0.15) is 0 Å². The van der Waals surface area contributed by atoms with Crippen molar-refractivity contribution in [3.8, 4) is 0 Å². The number of nitrogens with one attached hydrogen (secondary N) is 6. The van der Waals surface area contributed by atoms with Crippen LogP contribution in [0.15, 0.2) is 158 Å². The summed E-state index contributed by atoms with van der Waals surface area (Å²) in [7, 11) is 0. The molecule has 0 saturated heterocycles. The van der Waals surface area contributed by atoms with Gasteiger partial charge in [-0.05, 0) is 101 Å². The van der Waals surface area contributed by atoms with Crippen LogP contribution in [0.25, 0.3) is 22.3 Å². The second kappa shape index (κ2) is 15.1. The third-order valence-corrected chi connectivity index (χ3v) is 13.6. The van der Waals surface area contributed by atoms with Crippen LogP contribution in [0, 0.1) is 22.7 Å². The first-order chi connectivity index (χ1) is 31.0. The molecule has 2 atom stereocenters. The second-order valence-corrected chi connectivity index (χ2v) is 18.9. The zero-order valence-electron chi connectivity index (χ0n) is 36.4. The Hall–Kier alpha value is -7.58. The van der Waals surface area contributed by atoms with Gasteiger partial charge < -0.3 is 30.6 Å². The molecule has 64 heavy (non-hydrogen) atoms. The average Bonchev–Trinajstić information content (AvgIpc) is 3.73. The van der Waals surface area contributed by atoms with Crippen LogP contribution in [-0.4, -0.2) is 31.8 Å². The van der Waals surface area contributed by atoms with Gasteiger partial charge in [-0.15, -0.1) is 0 Å². The van der Waals surface area contributed by atoms with E-state index in [1.165, 1.54) is 0 Å². The Kier molecular flexibility index (Phi) is 9.24. The van der Waals surface area contributed by atoms with Crippen molar-refractivity contribution in [2.45, 2.75) is 40.5 Å². The molecule has 8 aromatic rings. The normalized spacial score (nSPS) is 18.1. The van der Waals surface area contributed by atoms with Crippen LogP contribution in [0.1, 0.15) is 85.6 Å². The van der Waals surface area contributed by atoms with E-state index in [9.17, 15) is 9.59 Å². The van der Waals surface area contributed by atoms with E-state index in [2.05, 4.69) is 180 Å². The first-order valence-corrected chi connectivity index (χ1v) is 22.2. The van der Waals surface area contributed by atoms with Gasteiger partial charge in [0.1, 0.15) is 0 Å². The minimum Gasteiger partial charge on any atom is -0.354 e. The molecule has 3 aliphatic rings. The van der Waals surface area contributed by atoms with Crippen LogP contribution >= 0.6 is 0 Å². The Balaban J connectivity index is 1.23. The number of fused-ring (bicyclic) bond motifs is 8. The van der Waals surface area contributed by atoms with Crippen molar-refractivity contribution >= 4 is 45.5 Å². The summed E-state index contributed by atoms with van der Waals surface area (Å²) >= 11 is 0. The Morgan fingerprint density at radius 2 is 0.719 bits per heavy atom. The molecule has 316 valence electrons. The first-order valence-electron chi connectivity index (χ1n) is 22.2. The Bertz CT molecular complexity index is 3330. The third kappa shape index (κ3) is 7.05. The number of aromatic amines is 4. The molecule has 0 spiro atoms. The van der Waals surface area contributed by atoms with Gasteiger partial charge in [-0.1, -0.05) is 125 Å². The molecule has 11 rings (SSSR count). The molecule has 8 nitrogen and oxygen atoms in total. The quantitative estimate of drug-likeness (QED) is 0.0924. The second-order valence-electron chi connectivity index (χ2n) is 18.9. The molecule has 2 saturated carbocycles. The highest BCUT2D eigenvalue weighted by Gasteiger charge is 2.51. The number of rotatable bonds is 8. The summed E-state index contributed by atoms with van der Waals surface area (Å²) in [6.07, 6.45) is 1.64. The predicted molar refractivity (Wildman–Crippen MR) is 255 cm³/mol. The average molecular weight is 839 g/mol. The highest BCUT2D eigenvalue weighted by Crippen LogP contribution is 2.53. The van der Waals surface area contributed by atoms with Crippen LogP contribution in [0.2, 0.25) is 0 Å². The van der Waals surface area contributed by atoms with Gasteiger partial charge in [-0.25, -0.2) is 0 Å². The van der Waals surface area contributed by atoms with E-state index in [1.54, 1.807) is 0 Å². The van der Waals surface area contributed by atoms with Crippen molar-refractivity contribution in [1.82, 2.24) is 19.9 Å². The SMILES string of the molecule is CC1(C)C[C@@H]1C(=O)Nc1cccc(NC(=O)[C@@H]2CC2(C)C)c1C1=c2ccc([nH]2)=C(c2ccccc2)c2ccc([nH]2)C(c2ccccc2)=c2ccc([nH]2)=C(c2ccccc2)c2ccc1[nH]2. The number of hydrogen-bond acceptors (Lipinski definition) is 2. The molecule has 2 aliphatic carbocycles. The maximum atomic E-state index is 14.0. The third-order valence-electron chi connectivity index (χ3n) is 13.6. The molecule has 1 aliphatic heterocycles. The summed E-state index contributed by atoms with van der Waals surface area (Å²) in [5, 5.41) is 10.3. The molecule has 8 heteroatoms. The van der Waals surface area contributed by atoms with Crippen LogP contribution in [-0.2, 0) is 9.59 Å². The van der Waals surface area contributed by atoms with Gasteiger partial charge >= 0.3 is 0 Å². The number of amides is 2. The van der Waals surface area contributed by atoms with Crippen LogP contribution in [0.3, 0.4) is 0 Å². The van der Waals surface area contributed by atoms with E-state index in [4.69, 9.17) is 0 Å². The van der Waals surface area contributed by atoms with Gasteiger partial charge in [0.05, 0.1) is 11.4 Å². The standard InChI is InChI=1S/C56H50N6O2/c1-55(2)31-36(55)53(63)61-38-21-14-22-39(62-54(64)37-32-56(37,3)4)51(38)52-46-29-27-44(59-46)49(34-17-10-6-11-18-34)42-25-23-40(57-42)48(33-15-8-5-9-16-33)41-24-26-43(58-41)50(35-19-12-7-13-20-35)45-28-30-47(52)60-45/h5-30,36-37,57-60H,31-32H2,1-4H3,(H,61,63)(H,62,64)/t36-,37+. The van der Waals surface area contributed by atoms with Crippen molar-refractivity contribution in [3.05, 3.63) is 224 Å². The van der Waals surface area contributed by atoms with E-state index in [0.29, 0.717) is 11.4 Å². The van der Waals surface area contributed by atoms with Crippen LogP contribution in [0.4, 0.5) is 11.4 Å². The van der Waals surface area contributed by atoms with Crippen molar-refractivity contribution in [2.75, 3.05) is 10.6 Å². The fourth-order valence-electron chi connectivity index (χ4n) is 9.64. The Morgan fingerprint density at radius 3 is 1.05 bits per heavy atom. The predicted octanol–water partition coefficient (Wildman–Crippen LogP) is 8.27. The summed E-state index contributed by atoms with van der Waals surface area (Å²) in [6, 6.07) is 54.3. The van der Waals surface area contributed by atoms with Gasteiger partial charge in [0.25, 0.3) is 0 Å². The fraction of sp³-hybridized carbons (Fsp3) is 0.179. The van der Waals surface area contributed by atoms with Gasteiger partial charge in [0.15, 0.2) is 0 Å². The van der Waals surface area contributed by atoms with E-state index < -0.39 is 0 Å².